The molecule has 96 valence electrons. The summed E-state index contributed by atoms with van der Waals surface area (Å²) in [5, 5.41) is 32.5. The van der Waals surface area contributed by atoms with Gasteiger partial charge < -0.3 is 31.9 Å². The first-order valence-corrected chi connectivity index (χ1v) is 3.97. The molecule has 0 saturated heterocycles. The first-order valence-electron chi connectivity index (χ1n) is 3.97. The van der Waals surface area contributed by atoms with Crippen molar-refractivity contribution >= 4 is 17.8 Å². The number of terminal acetylenes is 1. The Morgan fingerprint density at radius 3 is 1.41 bits per heavy atom. The van der Waals surface area contributed by atoms with E-state index < -0.39 is 36.1 Å². The number of rotatable bonds is 4. The lowest BCUT2D eigenvalue weighted by atomic mass is 10.2. The van der Waals surface area contributed by atoms with Gasteiger partial charge >= 0.3 is 11.9 Å². The molecule has 17 heavy (non-hydrogen) atoms. The lowest BCUT2D eigenvalue weighted by molar-refractivity contribution is -0.165. The van der Waals surface area contributed by atoms with Crippen molar-refractivity contribution < 1.29 is 34.8 Å². The van der Waals surface area contributed by atoms with Crippen LogP contribution in [0.15, 0.2) is 0 Å². The monoisotopic (exact) mass is 248 g/mol. The molecule has 0 aliphatic carbocycles. The SMILES string of the molecule is C#C[C@H](N)C(N)=O.O=C(O)C(O)C(O)C(=O)O. The zero-order valence-corrected chi connectivity index (χ0v) is 8.48. The van der Waals surface area contributed by atoms with E-state index in [1.807, 2.05) is 5.92 Å². The molecule has 8 N–H and O–H groups in total. The third-order valence-electron chi connectivity index (χ3n) is 1.29. The van der Waals surface area contributed by atoms with Crippen LogP contribution in [0.2, 0.25) is 0 Å². The molecule has 2 unspecified atom stereocenters. The van der Waals surface area contributed by atoms with E-state index in [0.717, 1.165) is 0 Å². The van der Waals surface area contributed by atoms with E-state index in [2.05, 4.69) is 5.73 Å². The molecule has 0 aromatic carbocycles. The van der Waals surface area contributed by atoms with Crippen molar-refractivity contribution in [2.24, 2.45) is 11.5 Å². The highest BCUT2D eigenvalue weighted by molar-refractivity contribution is 5.83. The molecule has 0 rings (SSSR count). The van der Waals surface area contributed by atoms with Gasteiger partial charge in [-0.1, -0.05) is 5.92 Å². The molecular formula is C8H12N2O7. The van der Waals surface area contributed by atoms with Crippen molar-refractivity contribution in [1.29, 1.82) is 0 Å². The van der Waals surface area contributed by atoms with Crippen LogP contribution in [-0.4, -0.2) is 56.5 Å². The highest BCUT2D eigenvalue weighted by atomic mass is 16.4. The molecule has 0 aromatic heterocycles. The second kappa shape index (κ2) is 8.05. The van der Waals surface area contributed by atoms with E-state index in [-0.39, 0.29) is 0 Å². The van der Waals surface area contributed by atoms with Crippen LogP contribution in [-0.2, 0) is 14.4 Å². The highest BCUT2D eigenvalue weighted by Crippen LogP contribution is 1.92. The number of carboxylic acids is 2. The molecule has 3 atom stereocenters. The van der Waals surface area contributed by atoms with Gasteiger partial charge in [-0.2, -0.15) is 0 Å². The lowest BCUT2D eigenvalue weighted by Crippen LogP contribution is -2.39. The molecule has 0 bridgehead atoms. The largest absolute Gasteiger partial charge is 0.479 e. The second-order valence-corrected chi connectivity index (χ2v) is 2.61. The zero-order chi connectivity index (χ0) is 14.2. The van der Waals surface area contributed by atoms with E-state index in [1.54, 1.807) is 0 Å². The van der Waals surface area contributed by atoms with Gasteiger partial charge in [0, 0.05) is 0 Å². The minimum absolute atomic E-state index is 0.664. The Morgan fingerprint density at radius 1 is 1.06 bits per heavy atom. The van der Waals surface area contributed by atoms with Crippen molar-refractivity contribution in [3.8, 4) is 12.3 Å². The van der Waals surface area contributed by atoms with Gasteiger partial charge in [-0.25, -0.2) is 9.59 Å². The minimum Gasteiger partial charge on any atom is -0.479 e. The summed E-state index contributed by atoms with van der Waals surface area (Å²) in [6, 6.07) is -0.931. The highest BCUT2D eigenvalue weighted by Gasteiger charge is 2.29. The van der Waals surface area contributed by atoms with Crippen molar-refractivity contribution in [3.05, 3.63) is 0 Å². The number of aliphatic hydroxyl groups excluding tert-OH is 2. The Hall–Kier alpha value is -2.15. The van der Waals surface area contributed by atoms with Gasteiger partial charge in [-0.15, -0.1) is 6.42 Å². The summed E-state index contributed by atoms with van der Waals surface area (Å²) in [6.45, 7) is 0. The Balaban J connectivity index is 0. The van der Waals surface area contributed by atoms with Gasteiger partial charge in [0.15, 0.2) is 12.2 Å². The molecule has 0 aromatic rings. The maximum Gasteiger partial charge on any atom is 0.335 e. The summed E-state index contributed by atoms with van der Waals surface area (Å²) in [5.74, 6) is -2.23. The van der Waals surface area contributed by atoms with E-state index in [4.69, 9.17) is 32.6 Å². The quantitative estimate of drug-likeness (QED) is 0.274. The number of nitrogens with two attached hydrogens (primary N) is 2. The average molecular weight is 248 g/mol. The van der Waals surface area contributed by atoms with E-state index in [9.17, 15) is 14.4 Å². The number of carbonyl (C=O) groups is 3. The Kier molecular flexibility index (Phi) is 8.17. The normalized spacial score (nSPS) is 14.2. The van der Waals surface area contributed by atoms with Crippen molar-refractivity contribution in [3.63, 3.8) is 0 Å². The fraction of sp³-hybridized carbons (Fsp3) is 0.375. The van der Waals surface area contributed by atoms with Crippen LogP contribution < -0.4 is 11.5 Å². The Morgan fingerprint density at radius 2 is 1.35 bits per heavy atom. The van der Waals surface area contributed by atoms with Gasteiger partial charge in [0.2, 0.25) is 5.91 Å². The van der Waals surface area contributed by atoms with Gasteiger partial charge in [0.05, 0.1) is 0 Å². The van der Waals surface area contributed by atoms with E-state index >= 15 is 0 Å². The summed E-state index contributed by atoms with van der Waals surface area (Å²) in [6.07, 6.45) is 0.165. The number of aliphatic hydroxyl groups is 2. The molecule has 0 radical (unpaired) electrons. The van der Waals surface area contributed by atoms with Crippen LogP contribution in [0.5, 0.6) is 0 Å². The average Bonchev–Trinajstić information content (AvgIpc) is 2.26. The number of hydrogen-bond donors (Lipinski definition) is 6. The Bertz CT molecular complexity index is 317. The molecule has 0 aliphatic rings. The maximum atomic E-state index is 9.89. The number of primary amides is 1. The molecule has 0 spiro atoms. The predicted molar refractivity (Wildman–Crippen MR) is 53.3 cm³/mol. The van der Waals surface area contributed by atoms with Gasteiger partial charge in [0.1, 0.15) is 6.04 Å². The smallest absolute Gasteiger partial charge is 0.335 e. The van der Waals surface area contributed by atoms with E-state index in [1.165, 1.54) is 0 Å². The van der Waals surface area contributed by atoms with Crippen molar-refractivity contribution in [2.45, 2.75) is 18.2 Å². The topological polar surface area (TPSA) is 184 Å². The summed E-state index contributed by atoms with van der Waals surface area (Å²) in [4.78, 5) is 29.4. The van der Waals surface area contributed by atoms with Gasteiger partial charge in [-0.05, 0) is 0 Å². The third kappa shape index (κ3) is 7.74. The summed E-state index contributed by atoms with van der Waals surface area (Å²) >= 11 is 0. The molecule has 0 fully saturated rings. The van der Waals surface area contributed by atoms with Crippen LogP contribution in [0.3, 0.4) is 0 Å². The van der Waals surface area contributed by atoms with Crippen LogP contribution in [0, 0.1) is 12.3 Å². The zero-order valence-electron chi connectivity index (χ0n) is 8.48. The minimum atomic E-state index is -2.27. The fourth-order valence-corrected chi connectivity index (χ4v) is 0.352. The summed E-state index contributed by atoms with van der Waals surface area (Å²) in [5.41, 5.74) is 9.55. The number of carboxylic acid groups (broad SMARTS) is 2. The number of aliphatic carboxylic acids is 2. The lowest BCUT2D eigenvalue weighted by Gasteiger charge is -2.07. The molecule has 0 saturated carbocycles. The van der Waals surface area contributed by atoms with Gasteiger partial charge in [0.25, 0.3) is 0 Å². The summed E-state index contributed by atoms with van der Waals surface area (Å²) < 4.78 is 0. The third-order valence-corrected chi connectivity index (χ3v) is 1.29. The van der Waals surface area contributed by atoms with Crippen LogP contribution in [0.25, 0.3) is 0 Å². The summed E-state index contributed by atoms with van der Waals surface area (Å²) in [7, 11) is 0. The number of hydrogen-bond acceptors (Lipinski definition) is 6. The first kappa shape index (κ1) is 17.3. The van der Waals surface area contributed by atoms with E-state index in [0.29, 0.717) is 0 Å². The molecule has 0 heterocycles. The standard InChI is InChI=1S/C4H6N2O.C4H6O6/c1-2-3(5)4(6)7;5-1(3(7)8)2(6)4(9)10/h1,3H,5H2,(H2,6,7);1-2,5-6H,(H,7,8)(H,9,10)/t3-;/m0./s1. The molecule has 9 nitrogen and oxygen atoms in total. The molecular weight excluding hydrogens is 236 g/mol. The van der Waals surface area contributed by atoms with Gasteiger partial charge in [-0.3, -0.25) is 4.79 Å². The first-order chi connectivity index (χ1) is 7.64. The molecule has 9 heteroatoms. The van der Waals surface area contributed by atoms with Crippen molar-refractivity contribution in [1.82, 2.24) is 0 Å². The number of amides is 1. The molecule has 1 amide bonds. The van der Waals surface area contributed by atoms with Crippen molar-refractivity contribution in [2.75, 3.05) is 0 Å². The molecule has 0 aliphatic heterocycles. The Labute approximate surface area is 95.6 Å². The predicted octanol–water partition coefficient (Wildman–Crippen LogP) is -3.69. The fourth-order valence-electron chi connectivity index (χ4n) is 0.352. The van der Waals surface area contributed by atoms with Crippen LogP contribution >= 0.6 is 0 Å². The second-order valence-electron chi connectivity index (χ2n) is 2.61. The maximum absolute atomic E-state index is 9.89. The van der Waals surface area contributed by atoms with Crippen LogP contribution in [0.4, 0.5) is 0 Å². The number of carbonyl (C=O) groups excluding carboxylic acids is 1. The van der Waals surface area contributed by atoms with Crippen LogP contribution in [0.1, 0.15) is 0 Å².